The number of carbonyl (C=O) groups excluding carboxylic acids is 2. The van der Waals surface area contributed by atoms with Crippen LogP contribution in [0.4, 0.5) is 11.4 Å². The average Bonchev–Trinajstić information content (AvgIpc) is 2.89. The molecule has 0 atom stereocenters. The highest BCUT2D eigenvalue weighted by Crippen LogP contribution is 2.28. The largest absolute Gasteiger partial charge is 0.493 e. The van der Waals surface area contributed by atoms with E-state index in [9.17, 15) is 9.59 Å². The molecule has 3 N–H and O–H groups in total. The van der Waals surface area contributed by atoms with Crippen molar-refractivity contribution in [3.05, 3.63) is 83.9 Å². The van der Waals surface area contributed by atoms with Crippen molar-refractivity contribution in [3.63, 3.8) is 0 Å². The molecule has 3 aromatic carbocycles. The van der Waals surface area contributed by atoms with Gasteiger partial charge in [0, 0.05) is 49.7 Å². The van der Waals surface area contributed by atoms with Crippen LogP contribution >= 0.6 is 0 Å². The number of hydrogen-bond donors (Lipinski definition) is 2. The lowest BCUT2D eigenvalue weighted by molar-refractivity contribution is -0.119. The van der Waals surface area contributed by atoms with Crippen molar-refractivity contribution in [2.45, 2.75) is 6.54 Å². The molecule has 1 saturated heterocycles. The number of carbonyl (C=O) groups is 2. The molecule has 1 heterocycles. The topological polar surface area (TPSA) is 97.1 Å². The molecule has 1 aliphatic rings. The summed E-state index contributed by atoms with van der Waals surface area (Å²) in [4.78, 5) is 28.5. The van der Waals surface area contributed by atoms with Crippen LogP contribution in [-0.4, -0.2) is 56.6 Å². The highest BCUT2D eigenvalue weighted by Gasteiger charge is 2.18. The summed E-state index contributed by atoms with van der Waals surface area (Å²) in [5.74, 6) is -0.171. The molecular formula is C27H30N4O4. The Kier molecular flexibility index (Phi) is 7.84. The number of piperazine rings is 1. The fourth-order valence-corrected chi connectivity index (χ4v) is 4.04. The molecule has 8 nitrogen and oxygen atoms in total. The van der Waals surface area contributed by atoms with E-state index in [1.54, 1.807) is 18.2 Å². The standard InChI is InChI=1S/C27H30N4O4/c1-34-25-17-21(7-12-24(25)35-19-26(28)32)27(33)29-22-8-10-23(11-9-22)31-15-13-30(14-16-31)18-20-5-3-2-4-6-20/h2-12,17H,13-16,18-19H2,1H3,(H2,28,32)(H,29,33). The number of nitrogens with one attached hydrogen (secondary N) is 1. The molecule has 0 aromatic heterocycles. The van der Waals surface area contributed by atoms with Crippen LogP contribution in [0.3, 0.4) is 0 Å². The Morgan fingerprint density at radius 1 is 0.914 bits per heavy atom. The molecule has 1 aliphatic heterocycles. The first kappa shape index (κ1) is 24.1. The highest BCUT2D eigenvalue weighted by atomic mass is 16.5. The number of hydrogen-bond acceptors (Lipinski definition) is 6. The van der Waals surface area contributed by atoms with Crippen molar-refractivity contribution < 1.29 is 19.1 Å². The molecule has 0 spiro atoms. The van der Waals surface area contributed by atoms with Gasteiger partial charge in [0.05, 0.1) is 7.11 Å². The lowest BCUT2D eigenvalue weighted by Crippen LogP contribution is -2.45. The van der Waals surface area contributed by atoms with Crippen molar-refractivity contribution in [1.82, 2.24) is 4.90 Å². The van der Waals surface area contributed by atoms with Gasteiger partial charge in [0.15, 0.2) is 18.1 Å². The van der Waals surface area contributed by atoms with Gasteiger partial charge in [-0.25, -0.2) is 0 Å². The van der Waals surface area contributed by atoms with E-state index < -0.39 is 5.91 Å². The fourth-order valence-electron chi connectivity index (χ4n) is 4.04. The molecule has 35 heavy (non-hydrogen) atoms. The predicted octanol–water partition coefficient (Wildman–Crippen LogP) is 3.13. The van der Waals surface area contributed by atoms with E-state index in [1.807, 2.05) is 30.3 Å². The fraction of sp³-hybridized carbons (Fsp3) is 0.259. The van der Waals surface area contributed by atoms with Gasteiger partial charge in [-0.1, -0.05) is 30.3 Å². The van der Waals surface area contributed by atoms with Crippen molar-refractivity contribution >= 4 is 23.2 Å². The second-order valence-electron chi connectivity index (χ2n) is 8.37. The van der Waals surface area contributed by atoms with Gasteiger partial charge in [0.25, 0.3) is 11.8 Å². The minimum absolute atomic E-state index is 0.268. The summed E-state index contributed by atoms with van der Waals surface area (Å²) in [7, 11) is 1.47. The molecule has 0 unspecified atom stereocenters. The van der Waals surface area contributed by atoms with E-state index >= 15 is 0 Å². The Morgan fingerprint density at radius 3 is 2.29 bits per heavy atom. The lowest BCUT2D eigenvalue weighted by atomic mass is 10.1. The second-order valence-corrected chi connectivity index (χ2v) is 8.37. The summed E-state index contributed by atoms with van der Waals surface area (Å²) in [6, 6.07) is 23.2. The van der Waals surface area contributed by atoms with Crippen molar-refractivity contribution in [2.24, 2.45) is 5.73 Å². The zero-order chi connectivity index (χ0) is 24.6. The van der Waals surface area contributed by atoms with E-state index in [0.717, 1.165) is 38.4 Å². The predicted molar refractivity (Wildman–Crippen MR) is 136 cm³/mol. The molecule has 182 valence electrons. The molecule has 8 heteroatoms. The van der Waals surface area contributed by atoms with Crippen LogP contribution in [0.25, 0.3) is 0 Å². The van der Waals surface area contributed by atoms with Crippen LogP contribution < -0.4 is 25.4 Å². The van der Waals surface area contributed by atoms with Gasteiger partial charge in [-0.05, 0) is 48.0 Å². The number of ether oxygens (including phenoxy) is 2. The van der Waals surface area contributed by atoms with E-state index in [4.69, 9.17) is 15.2 Å². The zero-order valence-electron chi connectivity index (χ0n) is 19.8. The quantitative estimate of drug-likeness (QED) is 0.495. The van der Waals surface area contributed by atoms with Gasteiger partial charge in [0.1, 0.15) is 0 Å². The summed E-state index contributed by atoms with van der Waals surface area (Å²) in [5, 5.41) is 2.91. The first-order chi connectivity index (χ1) is 17.0. The minimum atomic E-state index is -0.591. The Balaban J connectivity index is 1.31. The van der Waals surface area contributed by atoms with Crippen molar-refractivity contribution in [2.75, 3.05) is 50.1 Å². The van der Waals surface area contributed by atoms with Gasteiger partial charge >= 0.3 is 0 Å². The summed E-state index contributed by atoms with van der Waals surface area (Å²) in [5.41, 5.74) is 8.71. The maximum absolute atomic E-state index is 12.7. The molecule has 4 rings (SSSR count). The number of rotatable bonds is 9. The molecule has 3 aromatic rings. The van der Waals surface area contributed by atoms with Crippen LogP contribution in [-0.2, 0) is 11.3 Å². The van der Waals surface area contributed by atoms with Crippen LogP contribution in [0, 0.1) is 0 Å². The van der Waals surface area contributed by atoms with Gasteiger partial charge in [-0.3, -0.25) is 14.5 Å². The Bertz CT molecular complexity index is 1140. The molecule has 0 radical (unpaired) electrons. The molecule has 0 bridgehead atoms. The lowest BCUT2D eigenvalue weighted by Gasteiger charge is -2.36. The number of amides is 2. The van der Waals surface area contributed by atoms with Gasteiger partial charge in [0.2, 0.25) is 0 Å². The van der Waals surface area contributed by atoms with Crippen molar-refractivity contribution in [1.29, 1.82) is 0 Å². The first-order valence-electron chi connectivity index (χ1n) is 11.5. The number of benzene rings is 3. The Morgan fingerprint density at radius 2 is 1.63 bits per heavy atom. The van der Waals surface area contributed by atoms with Crippen LogP contribution in [0.15, 0.2) is 72.8 Å². The maximum Gasteiger partial charge on any atom is 0.255 e. The first-order valence-corrected chi connectivity index (χ1v) is 11.5. The molecule has 1 fully saturated rings. The van der Waals surface area contributed by atoms with Gasteiger partial charge in [-0.15, -0.1) is 0 Å². The smallest absolute Gasteiger partial charge is 0.255 e. The molecular weight excluding hydrogens is 444 g/mol. The van der Waals surface area contributed by atoms with Gasteiger partial charge < -0.3 is 25.4 Å². The normalized spacial score (nSPS) is 13.8. The molecule has 0 saturated carbocycles. The number of nitrogens with two attached hydrogens (primary N) is 1. The third-order valence-corrected chi connectivity index (χ3v) is 5.91. The van der Waals surface area contributed by atoms with E-state index in [0.29, 0.717) is 22.7 Å². The van der Waals surface area contributed by atoms with Crippen LogP contribution in [0.5, 0.6) is 11.5 Å². The summed E-state index contributed by atoms with van der Waals surface area (Å²) >= 11 is 0. The molecule has 2 amide bonds. The third kappa shape index (κ3) is 6.51. The monoisotopic (exact) mass is 474 g/mol. The van der Waals surface area contributed by atoms with Crippen molar-refractivity contribution in [3.8, 4) is 11.5 Å². The number of nitrogens with zero attached hydrogens (tertiary/aromatic N) is 2. The molecule has 0 aliphatic carbocycles. The maximum atomic E-state index is 12.7. The Hall–Kier alpha value is -4.04. The van der Waals surface area contributed by atoms with Crippen LogP contribution in [0.1, 0.15) is 15.9 Å². The second kappa shape index (κ2) is 11.4. The summed E-state index contributed by atoms with van der Waals surface area (Å²) in [6.45, 7) is 4.65. The number of methoxy groups -OCH3 is 1. The Labute approximate surface area is 205 Å². The van der Waals surface area contributed by atoms with Gasteiger partial charge in [-0.2, -0.15) is 0 Å². The number of anilines is 2. The zero-order valence-corrected chi connectivity index (χ0v) is 19.8. The summed E-state index contributed by atoms with van der Waals surface area (Å²) < 4.78 is 10.6. The highest BCUT2D eigenvalue weighted by molar-refractivity contribution is 6.04. The van der Waals surface area contributed by atoms with Crippen LogP contribution in [0.2, 0.25) is 0 Å². The number of primary amides is 1. The third-order valence-electron chi connectivity index (χ3n) is 5.91. The average molecular weight is 475 g/mol. The SMILES string of the molecule is COc1cc(C(=O)Nc2ccc(N3CCN(Cc4ccccc4)CC3)cc2)ccc1OCC(N)=O. The van der Waals surface area contributed by atoms with E-state index in [-0.39, 0.29) is 12.5 Å². The summed E-state index contributed by atoms with van der Waals surface area (Å²) in [6.07, 6.45) is 0. The minimum Gasteiger partial charge on any atom is -0.493 e. The van der Waals surface area contributed by atoms with E-state index in [2.05, 4.69) is 39.4 Å². The van der Waals surface area contributed by atoms with E-state index in [1.165, 1.54) is 12.7 Å².